The van der Waals surface area contributed by atoms with Gasteiger partial charge in [0.2, 0.25) is 5.91 Å². The summed E-state index contributed by atoms with van der Waals surface area (Å²) >= 11 is 0. The highest BCUT2D eigenvalue weighted by atomic mass is 16.6. The van der Waals surface area contributed by atoms with E-state index in [4.69, 9.17) is 18.9 Å². The Hall–Kier alpha value is -3.15. The average Bonchev–Trinajstić information content (AvgIpc) is 2.96. The molecule has 4 rings (SSSR count). The minimum atomic E-state index is -0.199. The van der Waals surface area contributed by atoms with Gasteiger partial charge in [0, 0.05) is 19.5 Å². The number of ether oxygens (including phenoxy) is 4. The van der Waals surface area contributed by atoms with Gasteiger partial charge >= 0.3 is 0 Å². The quantitative estimate of drug-likeness (QED) is 0.762. The maximum absolute atomic E-state index is 12.5. The monoisotopic (exact) mass is 381 g/mol. The largest absolute Gasteiger partial charge is 0.490 e. The molecule has 0 saturated heterocycles. The number of fused-ring (bicyclic) bond motifs is 2. The van der Waals surface area contributed by atoms with E-state index in [9.17, 15) is 4.79 Å². The zero-order valence-electron chi connectivity index (χ0n) is 15.8. The lowest BCUT2D eigenvalue weighted by atomic mass is 10.2. The van der Waals surface area contributed by atoms with Crippen LogP contribution in [0.4, 0.5) is 0 Å². The number of para-hydroxylation sites is 2. The van der Waals surface area contributed by atoms with Crippen LogP contribution in [-0.2, 0) is 4.79 Å². The molecule has 2 aliphatic heterocycles. The molecule has 0 aliphatic carbocycles. The number of likely N-dealkylation sites (N-methyl/N-ethyl adjacent to an activating group) is 1. The molecule has 28 heavy (non-hydrogen) atoms. The van der Waals surface area contributed by atoms with Crippen molar-refractivity contribution >= 4 is 12.0 Å². The van der Waals surface area contributed by atoms with Gasteiger partial charge in [-0.1, -0.05) is 18.2 Å². The summed E-state index contributed by atoms with van der Waals surface area (Å²) in [5.41, 5.74) is 0.886. The molecule has 6 nitrogen and oxygen atoms in total. The van der Waals surface area contributed by atoms with Crippen molar-refractivity contribution in [2.75, 3.05) is 33.4 Å². The fourth-order valence-electron chi connectivity index (χ4n) is 3.13. The third-order valence-corrected chi connectivity index (χ3v) is 4.61. The molecule has 0 fully saturated rings. The maximum Gasteiger partial charge on any atom is 0.246 e. The van der Waals surface area contributed by atoms with Crippen LogP contribution in [0.5, 0.6) is 23.0 Å². The van der Waals surface area contributed by atoms with E-state index >= 15 is 0 Å². The number of amides is 1. The molecule has 0 bridgehead atoms. The van der Waals surface area contributed by atoms with Crippen LogP contribution in [0.1, 0.15) is 12.0 Å². The van der Waals surface area contributed by atoms with E-state index in [2.05, 4.69) is 0 Å². The Balaban J connectivity index is 1.35. The van der Waals surface area contributed by atoms with E-state index in [1.807, 2.05) is 42.5 Å². The van der Waals surface area contributed by atoms with Gasteiger partial charge in [0.05, 0.1) is 19.8 Å². The van der Waals surface area contributed by atoms with Crippen molar-refractivity contribution in [2.24, 2.45) is 0 Å². The Morgan fingerprint density at radius 2 is 1.79 bits per heavy atom. The van der Waals surface area contributed by atoms with Crippen LogP contribution in [0.25, 0.3) is 6.08 Å². The number of nitrogens with zero attached hydrogens (tertiary/aromatic N) is 1. The molecule has 0 saturated carbocycles. The number of carbonyl (C=O) groups excluding carboxylic acids is 1. The first kappa shape index (κ1) is 18.2. The summed E-state index contributed by atoms with van der Waals surface area (Å²) in [6, 6.07) is 13.2. The molecule has 0 spiro atoms. The molecule has 2 aromatic carbocycles. The van der Waals surface area contributed by atoms with E-state index in [1.54, 1.807) is 24.1 Å². The van der Waals surface area contributed by atoms with Crippen LogP contribution >= 0.6 is 0 Å². The van der Waals surface area contributed by atoms with E-state index in [-0.39, 0.29) is 12.0 Å². The molecule has 2 heterocycles. The highest BCUT2D eigenvalue weighted by molar-refractivity contribution is 5.91. The third kappa shape index (κ3) is 4.22. The fraction of sp³-hybridized carbons (Fsp3) is 0.318. The lowest BCUT2D eigenvalue weighted by Crippen LogP contribution is -2.41. The zero-order valence-corrected chi connectivity index (χ0v) is 15.8. The molecule has 0 aromatic heterocycles. The molecule has 0 radical (unpaired) electrons. The lowest BCUT2D eigenvalue weighted by molar-refractivity contribution is -0.126. The Morgan fingerprint density at radius 1 is 1.04 bits per heavy atom. The number of hydrogen-bond donors (Lipinski definition) is 0. The van der Waals surface area contributed by atoms with Gasteiger partial charge in [0.25, 0.3) is 0 Å². The van der Waals surface area contributed by atoms with Gasteiger partial charge in [-0.2, -0.15) is 0 Å². The first-order valence-corrected chi connectivity index (χ1v) is 9.40. The minimum absolute atomic E-state index is 0.102. The summed E-state index contributed by atoms with van der Waals surface area (Å²) in [4.78, 5) is 14.1. The predicted octanol–water partition coefficient (Wildman–Crippen LogP) is 3.16. The van der Waals surface area contributed by atoms with Gasteiger partial charge in [-0.25, -0.2) is 0 Å². The average molecular weight is 381 g/mol. The normalized spacial score (nSPS) is 17.8. The summed E-state index contributed by atoms with van der Waals surface area (Å²) in [5.74, 6) is 2.80. The molecule has 146 valence electrons. The Kier molecular flexibility index (Phi) is 5.37. The lowest BCUT2D eigenvalue weighted by Gasteiger charge is -2.29. The highest BCUT2D eigenvalue weighted by Crippen LogP contribution is 2.32. The number of carbonyl (C=O) groups is 1. The van der Waals surface area contributed by atoms with Crippen molar-refractivity contribution in [1.29, 1.82) is 0 Å². The van der Waals surface area contributed by atoms with Crippen molar-refractivity contribution in [3.05, 3.63) is 54.1 Å². The molecular weight excluding hydrogens is 358 g/mol. The summed E-state index contributed by atoms with van der Waals surface area (Å²) in [6.45, 7) is 2.15. The van der Waals surface area contributed by atoms with Gasteiger partial charge in [-0.15, -0.1) is 0 Å². The highest BCUT2D eigenvalue weighted by Gasteiger charge is 2.23. The molecular formula is C22H23NO5. The Bertz CT molecular complexity index is 879. The fourth-order valence-corrected chi connectivity index (χ4v) is 3.13. The topological polar surface area (TPSA) is 57.2 Å². The van der Waals surface area contributed by atoms with Crippen LogP contribution in [0, 0.1) is 0 Å². The van der Waals surface area contributed by atoms with E-state index in [1.165, 1.54) is 0 Å². The van der Waals surface area contributed by atoms with Crippen LogP contribution in [0.15, 0.2) is 48.5 Å². The second-order valence-corrected chi connectivity index (χ2v) is 6.81. The third-order valence-electron chi connectivity index (χ3n) is 4.61. The Morgan fingerprint density at radius 3 is 2.64 bits per heavy atom. The second kappa shape index (κ2) is 8.25. The van der Waals surface area contributed by atoms with E-state index < -0.39 is 0 Å². The van der Waals surface area contributed by atoms with Crippen molar-refractivity contribution in [1.82, 2.24) is 4.90 Å². The first-order valence-electron chi connectivity index (χ1n) is 9.40. The number of rotatable bonds is 4. The molecule has 1 amide bonds. The summed E-state index contributed by atoms with van der Waals surface area (Å²) in [6.07, 6.45) is 3.99. The predicted molar refractivity (Wildman–Crippen MR) is 105 cm³/mol. The molecule has 0 N–H and O–H groups in total. The van der Waals surface area contributed by atoms with Crippen molar-refractivity contribution in [3.8, 4) is 23.0 Å². The SMILES string of the molecule is CN(C[C@H]1COc2ccccc2O1)C(=O)/C=C/c1ccc2c(c1)OCCCO2. The molecule has 0 unspecified atom stereocenters. The summed E-state index contributed by atoms with van der Waals surface area (Å²) in [5, 5.41) is 0. The van der Waals surface area contributed by atoms with Crippen LogP contribution in [0.2, 0.25) is 0 Å². The smallest absolute Gasteiger partial charge is 0.246 e. The standard InChI is InChI=1S/C22H23NO5/c1-23(14-17-15-27-18-5-2-3-6-20(18)28-17)22(24)10-8-16-7-9-19-21(13-16)26-12-4-11-25-19/h2-3,5-10,13,17H,4,11-12,14-15H2,1H3/b10-8+/t17-/m0/s1. The van der Waals surface area contributed by atoms with Gasteiger partial charge in [-0.05, 0) is 35.9 Å². The maximum atomic E-state index is 12.5. The minimum Gasteiger partial charge on any atom is -0.490 e. The molecule has 6 heteroatoms. The molecule has 2 aromatic rings. The summed E-state index contributed by atoms with van der Waals surface area (Å²) < 4.78 is 22.9. The van der Waals surface area contributed by atoms with Gasteiger partial charge in [-0.3, -0.25) is 4.79 Å². The van der Waals surface area contributed by atoms with Crippen LogP contribution < -0.4 is 18.9 Å². The number of benzene rings is 2. The zero-order chi connectivity index (χ0) is 19.3. The molecule has 1 atom stereocenters. The van der Waals surface area contributed by atoms with E-state index in [0.717, 1.165) is 23.5 Å². The van der Waals surface area contributed by atoms with Crippen LogP contribution in [-0.4, -0.2) is 50.3 Å². The Labute approximate surface area is 164 Å². The van der Waals surface area contributed by atoms with Crippen LogP contribution in [0.3, 0.4) is 0 Å². The molecule has 2 aliphatic rings. The first-order chi connectivity index (χ1) is 13.7. The van der Waals surface area contributed by atoms with Gasteiger partial charge in [0.1, 0.15) is 6.61 Å². The van der Waals surface area contributed by atoms with Crippen molar-refractivity contribution < 1.29 is 23.7 Å². The van der Waals surface area contributed by atoms with Gasteiger partial charge < -0.3 is 23.8 Å². The van der Waals surface area contributed by atoms with Crippen molar-refractivity contribution in [2.45, 2.75) is 12.5 Å². The van der Waals surface area contributed by atoms with Crippen molar-refractivity contribution in [3.63, 3.8) is 0 Å². The summed E-state index contributed by atoms with van der Waals surface area (Å²) in [7, 11) is 1.75. The number of hydrogen-bond acceptors (Lipinski definition) is 5. The second-order valence-electron chi connectivity index (χ2n) is 6.81. The van der Waals surface area contributed by atoms with E-state index in [0.29, 0.717) is 37.9 Å². The van der Waals surface area contributed by atoms with Gasteiger partial charge in [0.15, 0.2) is 29.1 Å².